The molecule has 0 radical (unpaired) electrons. The summed E-state index contributed by atoms with van der Waals surface area (Å²) >= 11 is 6.16. The van der Waals surface area contributed by atoms with Gasteiger partial charge in [0.1, 0.15) is 5.58 Å². The van der Waals surface area contributed by atoms with Gasteiger partial charge in [0.25, 0.3) is 11.8 Å². The molecule has 0 unspecified atom stereocenters. The molecule has 0 saturated carbocycles. The molecule has 0 aliphatic carbocycles. The number of aryl methyl sites for hydroxylation is 1. The number of anilines is 1. The lowest BCUT2D eigenvalue weighted by Gasteiger charge is -2.13. The molecule has 180 valence electrons. The Morgan fingerprint density at radius 3 is 2.28 bits per heavy atom. The Kier molecular flexibility index (Phi) is 6.16. The van der Waals surface area contributed by atoms with Crippen LogP contribution in [0.4, 0.5) is 5.69 Å². The molecule has 5 rings (SSSR count). The first-order chi connectivity index (χ1) is 17.3. The van der Waals surface area contributed by atoms with Crippen molar-refractivity contribution < 1.29 is 23.6 Å². The number of carbonyl (C=O) groups is 4. The van der Waals surface area contributed by atoms with E-state index in [9.17, 15) is 19.2 Å². The van der Waals surface area contributed by atoms with E-state index in [1.807, 2.05) is 19.1 Å². The van der Waals surface area contributed by atoms with Gasteiger partial charge in [-0.2, -0.15) is 0 Å². The van der Waals surface area contributed by atoms with Crippen LogP contribution in [0.5, 0.6) is 0 Å². The Balaban J connectivity index is 1.33. The first kappa shape index (κ1) is 23.5. The number of rotatable bonds is 7. The summed E-state index contributed by atoms with van der Waals surface area (Å²) < 4.78 is 5.83. The number of nitrogens with zero attached hydrogens (tertiary/aromatic N) is 1. The maximum absolute atomic E-state index is 13.2. The summed E-state index contributed by atoms with van der Waals surface area (Å²) in [5.41, 5.74) is 2.82. The second-order valence-corrected chi connectivity index (χ2v) is 9.04. The lowest BCUT2D eigenvalue weighted by atomic mass is 10.1. The predicted molar refractivity (Wildman–Crippen MR) is 136 cm³/mol. The highest BCUT2D eigenvalue weighted by molar-refractivity contribution is 6.31. The number of carbonyl (C=O) groups excluding carboxylic acids is 4. The van der Waals surface area contributed by atoms with Gasteiger partial charge in [-0.1, -0.05) is 53.6 Å². The summed E-state index contributed by atoms with van der Waals surface area (Å²) in [6.07, 6.45) is 0.286. The van der Waals surface area contributed by atoms with Gasteiger partial charge in [0.05, 0.1) is 16.8 Å². The number of imide groups is 1. The van der Waals surface area contributed by atoms with Crippen molar-refractivity contribution in [3.8, 4) is 0 Å². The van der Waals surface area contributed by atoms with Crippen molar-refractivity contribution in [1.82, 2.24) is 4.90 Å². The maximum atomic E-state index is 13.2. The van der Waals surface area contributed by atoms with Gasteiger partial charge in [-0.15, -0.1) is 0 Å². The molecule has 0 spiro atoms. The molecule has 0 atom stereocenters. The van der Waals surface area contributed by atoms with E-state index in [2.05, 4.69) is 5.32 Å². The van der Waals surface area contributed by atoms with Crippen LogP contribution in [0.3, 0.4) is 0 Å². The van der Waals surface area contributed by atoms with Gasteiger partial charge in [0, 0.05) is 28.9 Å². The van der Waals surface area contributed by atoms with Gasteiger partial charge in [0.2, 0.25) is 11.7 Å². The van der Waals surface area contributed by atoms with Crippen molar-refractivity contribution in [3.05, 3.63) is 99.8 Å². The first-order valence-corrected chi connectivity index (χ1v) is 11.8. The Morgan fingerprint density at radius 1 is 0.944 bits per heavy atom. The summed E-state index contributed by atoms with van der Waals surface area (Å²) in [7, 11) is 0. The Hall–Kier alpha value is -4.23. The fourth-order valence-electron chi connectivity index (χ4n) is 4.23. The first-order valence-electron chi connectivity index (χ1n) is 11.4. The minimum atomic E-state index is -0.382. The van der Waals surface area contributed by atoms with Crippen LogP contribution in [-0.2, 0) is 4.79 Å². The molecule has 1 aliphatic rings. The van der Waals surface area contributed by atoms with Crippen molar-refractivity contribution >= 4 is 51.8 Å². The van der Waals surface area contributed by atoms with Crippen LogP contribution in [0.1, 0.15) is 55.2 Å². The van der Waals surface area contributed by atoms with E-state index in [0.29, 0.717) is 32.7 Å². The maximum Gasteiger partial charge on any atom is 0.261 e. The van der Waals surface area contributed by atoms with Crippen LogP contribution in [0.25, 0.3) is 11.0 Å². The average Bonchev–Trinajstić information content (AvgIpc) is 3.34. The fourth-order valence-corrected chi connectivity index (χ4v) is 4.40. The Bertz CT molecular complexity index is 1500. The smallest absolute Gasteiger partial charge is 0.261 e. The van der Waals surface area contributed by atoms with Crippen LogP contribution >= 0.6 is 11.6 Å². The Labute approximate surface area is 211 Å². The molecular weight excluding hydrogens is 480 g/mol. The van der Waals surface area contributed by atoms with Crippen molar-refractivity contribution in [2.45, 2.75) is 19.8 Å². The van der Waals surface area contributed by atoms with E-state index in [4.69, 9.17) is 16.0 Å². The molecule has 1 aliphatic heterocycles. The van der Waals surface area contributed by atoms with Crippen molar-refractivity contribution in [2.75, 3.05) is 11.9 Å². The molecule has 0 saturated heterocycles. The zero-order chi connectivity index (χ0) is 25.4. The van der Waals surface area contributed by atoms with Crippen LogP contribution in [0.2, 0.25) is 5.02 Å². The molecule has 4 aromatic rings. The lowest BCUT2D eigenvalue weighted by Crippen LogP contribution is -2.31. The van der Waals surface area contributed by atoms with Crippen LogP contribution in [0.15, 0.2) is 71.1 Å². The number of hydrogen-bond acceptors (Lipinski definition) is 5. The third kappa shape index (κ3) is 4.29. The number of benzene rings is 3. The van der Waals surface area contributed by atoms with E-state index >= 15 is 0 Å². The van der Waals surface area contributed by atoms with Gasteiger partial charge in [0.15, 0.2) is 5.76 Å². The van der Waals surface area contributed by atoms with E-state index in [-0.39, 0.29) is 54.3 Å². The molecular formula is C28H21ClN2O5. The molecule has 0 fully saturated rings. The quantitative estimate of drug-likeness (QED) is 0.261. The topological polar surface area (TPSA) is 96.7 Å². The normalized spacial score (nSPS) is 12.8. The molecule has 36 heavy (non-hydrogen) atoms. The summed E-state index contributed by atoms with van der Waals surface area (Å²) in [5, 5.41) is 3.72. The van der Waals surface area contributed by atoms with Gasteiger partial charge in [-0.25, -0.2) is 0 Å². The van der Waals surface area contributed by atoms with Crippen molar-refractivity contribution in [3.63, 3.8) is 0 Å². The number of halogens is 1. The van der Waals surface area contributed by atoms with Gasteiger partial charge >= 0.3 is 0 Å². The van der Waals surface area contributed by atoms with Crippen molar-refractivity contribution in [1.29, 1.82) is 0 Å². The molecule has 2 heterocycles. The van der Waals surface area contributed by atoms with E-state index < -0.39 is 0 Å². The third-order valence-electron chi connectivity index (χ3n) is 6.10. The predicted octanol–water partition coefficient (Wildman–Crippen LogP) is 5.64. The minimum absolute atomic E-state index is 0.00446. The van der Waals surface area contributed by atoms with Crippen LogP contribution in [0, 0.1) is 6.92 Å². The second-order valence-electron chi connectivity index (χ2n) is 8.60. The van der Waals surface area contributed by atoms with E-state index in [1.54, 1.807) is 54.6 Å². The number of amides is 3. The number of fused-ring (bicyclic) bond motifs is 2. The number of hydrogen-bond donors (Lipinski definition) is 1. The average molecular weight is 501 g/mol. The minimum Gasteiger partial charge on any atom is -0.450 e. The fraction of sp³-hybridized carbons (Fsp3) is 0.143. The standard InChI is InChI=1S/C28H21ClN2O5/c1-16-8-10-17(11-9-16)25(33)26-24(21-15-18(29)12-13-22(21)36-26)30-23(32)7-4-14-31-27(34)19-5-2-3-6-20(19)28(31)35/h2-3,5-6,8-13,15H,4,7,14H2,1H3,(H,30,32). The molecule has 1 aromatic heterocycles. The number of furan rings is 1. The number of nitrogens with one attached hydrogen (secondary N) is 1. The summed E-state index contributed by atoms with van der Waals surface area (Å²) in [4.78, 5) is 52.3. The SMILES string of the molecule is Cc1ccc(C(=O)c2oc3ccc(Cl)cc3c2NC(=O)CCCN2C(=O)c3ccccc3C2=O)cc1. The monoisotopic (exact) mass is 500 g/mol. The summed E-state index contributed by atoms with van der Waals surface area (Å²) in [6, 6.07) is 18.6. The highest BCUT2D eigenvalue weighted by Gasteiger charge is 2.34. The van der Waals surface area contributed by atoms with Gasteiger partial charge < -0.3 is 9.73 Å². The zero-order valence-electron chi connectivity index (χ0n) is 19.3. The molecule has 7 nitrogen and oxygen atoms in total. The largest absolute Gasteiger partial charge is 0.450 e. The molecule has 0 bridgehead atoms. The van der Waals surface area contributed by atoms with E-state index in [1.165, 1.54) is 0 Å². The molecule has 3 amide bonds. The highest BCUT2D eigenvalue weighted by atomic mass is 35.5. The van der Waals surface area contributed by atoms with Crippen molar-refractivity contribution in [2.24, 2.45) is 0 Å². The third-order valence-corrected chi connectivity index (χ3v) is 6.33. The summed E-state index contributed by atoms with van der Waals surface area (Å²) in [5.74, 6) is -1.48. The van der Waals surface area contributed by atoms with E-state index in [0.717, 1.165) is 10.5 Å². The molecule has 3 aromatic carbocycles. The van der Waals surface area contributed by atoms with Crippen LogP contribution < -0.4 is 5.32 Å². The lowest BCUT2D eigenvalue weighted by molar-refractivity contribution is -0.116. The number of ketones is 1. The van der Waals surface area contributed by atoms with Crippen LogP contribution in [-0.4, -0.2) is 34.9 Å². The Morgan fingerprint density at radius 2 is 1.61 bits per heavy atom. The van der Waals surface area contributed by atoms with Gasteiger partial charge in [-0.05, 0) is 43.7 Å². The molecule has 8 heteroatoms. The zero-order valence-corrected chi connectivity index (χ0v) is 20.1. The summed E-state index contributed by atoms with van der Waals surface area (Å²) in [6.45, 7) is 2.03. The molecule has 1 N–H and O–H groups in total. The second kappa shape index (κ2) is 9.43. The highest BCUT2D eigenvalue weighted by Crippen LogP contribution is 2.34. The van der Waals surface area contributed by atoms with Gasteiger partial charge in [-0.3, -0.25) is 24.1 Å².